The highest BCUT2D eigenvalue weighted by Crippen LogP contribution is 2.09. The number of hydrogen-bond donors (Lipinski definition) is 1. The summed E-state index contributed by atoms with van der Waals surface area (Å²) in [5.74, 6) is -3.85. The summed E-state index contributed by atoms with van der Waals surface area (Å²) in [6, 6.07) is 2.28. The molecule has 0 amide bonds. The maximum absolute atomic E-state index is 12.7. The molecule has 0 spiro atoms. The second-order valence-electron chi connectivity index (χ2n) is 2.69. The summed E-state index contributed by atoms with van der Waals surface area (Å²) in [5.41, 5.74) is -0.231. The maximum atomic E-state index is 12.7. The average Bonchev–Trinajstić information content (AvgIpc) is 2.12. The number of carboxylic acid groups (broad SMARTS) is 1. The van der Waals surface area contributed by atoms with Gasteiger partial charge in [-0.25, -0.2) is 13.6 Å². The Labute approximate surface area is 83.6 Å². The van der Waals surface area contributed by atoms with Crippen LogP contribution in [0.1, 0.15) is 10.4 Å². The number of aliphatic carboxylic acids is 1. The summed E-state index contributed by atoms with van der Waals surface area (Å²) < 4.78 is 25.3. The van der Waals surface area contributed by atoms with Gasteiger partial charge in [0, 0.05) is 17.7 Å². The quantitative estimate of drug-likeness (QED) is 0.613. The number of hydrogen-bond acceptors (Lipinski definition) is 2. The Balaban J connectivity index is 2.96. The Hall–Kier alpha value is -2.04. The van der Waals surface area contributed by atoms with Crippen molar-refractivity contribution in [3.05, 3.63) is 47.5 Å². The van der Waals surface area contributed by atoms with Crippen molar-refractivity contribution in [2.75, 3.05) is 0 Å². The molecule has 0 heterocycles. The molecule has 0 atom stereocenters. The largest absolute Gasteiger partial charge is 0.478 e. The predicted octanol–water partition coefficient (Wildman–Crippen LogP) is 1.79. The first kappa shape index (κ1) is 11.0. The fourth-order valence-electron chi connectivity index (χ4n) is 0.939. The highest BCUT2D eigenvalue weighted by atomic mass is 19.1. The van der Waals surface area contributed by atoms with E-state index in [2.05, 4.69) is 0 Å². The Morgan fingerprint density at radius 1 is 1.07 bits per heavy atom. The molecule has 0 fully saturated rings. The number of halogens is 2. The van der Waals surface area contributed by atoms with Crippen LogP contribution in [0.25, 0.3) is 0 Å². The van der Waals surface area contributed by atoms with E-state index < -0.39 is 23.4 Å². The van der Waals surface area contributed by atoms with Crippen molar-refractivity contribution in [2.24, 2.45) is 0 Å². The number of benzene rings is 1. The van der Waals surface area contributed by atoms with Gasteiger partial charge in [-0.15, -0.1) is 0 Å². The molecule has 1 N–H and O–H groups in total. The molecule has 0 saturated heterocycles. The fraction of sp³-hybridized carbons (Fsp3) is 0. The van der Waals surface area contributed by atoms with Crippen molar-refractivity contribution < 1.29 is 23.5 Å². The molecule has 0 saturated carbocycles. The molecule has 5 heteroatoms. The number of carboxylic acids is 1. The molecule has 1 aromatic rings. The molecule has 1 aromatic carbocycles. The van der Waals surface area contributed by atoms with Crippen molar-refractivity contribution >= 4 is 11.8 Å². The van der Waals surface area contributed by atoms with E-state index in [1.165, 1.54) is 0 Å². The molecule has 78 valence electrons. The molecule has 0 bridgehead atoms. The maximum Gasteiger partial charge on any atom is 0.328 e. The lowest BCUT2D eigenvalue weighted by Gasteiger charge is -1.96. The molecule has 3 nitrogen and oxygen atoms in total. The van der Waals surface area contributed by atoms with E-state index in [1.807, 2.05) is 0 Å². The monoisotopic (exact) mass is 212 g/mol. The first-order chi connectivity index (χ1) is 6.99. The Morgan fingerprint density at radius 3 is 2.07 bits per heavy atom. The van der Waals surface area contributed by atoms with Crippen molar-refractivity contribution in [3.8, 4) is 0 Å². The van der Waals surface area contributed by atoms with Gasteiger partial charge in [0.15, 0.2) is 5.78 Å². The molecule has 0 aliphatic carbocycles. The van der Waals surface area contributed by atoms with Gasteiger partial charge in [-0.3, -0.25) is 4.79 Å². The van der Waals surface area contributed by atoms with Gasteiger partial charge in [-0.05, 0) is 18.2 Å². The minimum absolute atomic E-state index is 0.231. The number of carbonyl (C=O) groups excluding carboxylic acids is 1. The van der Waals surface area contributed by atoms with Gasteiger partial charge in [0.2, 0.25) is 0 Å². The van der Waals surface area contributed by atoms with Gasteiger partial charge in [-0.2, -0.15) is 0 Å². The Morgan fingerprint density at radius 2 is 1.60 bits per heavy atom. The minimum Gasteiger partial charge on any atom is -0.478 e. The molecule has 0 aliphatic heterocycles. The van der Waals surface area contributed by atoms with Crippen LogP contribution in [0.15, 0.2) is 30.4 Å². The minimum atomic E-state index is -1.31. The molecule has 0 aliphatic rings. The molecule has 15 heavy (non-hydrogen) atoms. The number of ketones is 1. The molecular formula is C10H6F2O3. The van der Waals surface area contributed by atoms with E-state index in [-0.39, 0.29) is 5.56 Å². The van der Waals surface area contributed by atoms with Crippen LogP contribution < -0.4 is 0 Å². The summed E-state index contributed by atoms with van der Waals surface area (Å²) >= 11 is 0. The molecular weight excluding hydrogens is 206 g/mol. The molecule has 1 rings (SSSR count). The highest BCUT2D eigenvalue weighted by molar-refractivity contribution is 6.06. The molecule has 0 aromatic heterocycles. The normalized spacial score (nSPS) is 10.5. The lowest BCUT2D eigenvalue weighted by Crippen LogP contribution is -1.98. The second kappa shape index (κ2) is 4.45. The van der Waals surface area contributed by atoms with E-state index in [0.717, 1.165) is 18.2 Å². The van der Waals surface area contributed by atoms with Crippen LogP contribution in [0.5, 0.6) is 0 Å². The van der Waals surface area contributed by atoms with Crippen molar-refractivity contribution in [3.63, 3.8) is 0 Å². The third-order valence-electron chi connectivity index (χ3n) is 1.52. The van der Waals surface area contributed by atoms with Crippen LogP contribution in [0, 0.1) is 11.6 Å². The summed E-state index contributed by atoms with van der Waals surface area (Å²) in [7, 11) is 0. The standard InChI is InChI=1S/C10H6F2O3/c11-7-3-6(4-8(12)5-7)9(13)1-2-10(14)15/h1-5H,(H,14,15)/b2-1+. The lowest BCUT2D eigenvalue weighted by atomic mass is 10.1. The van der Waals surface area contributed by atoms with Crippen molar-refractivity contribution in [1.29, 1.82) is 0 Å². The third-order valence-corrected chi connectivity index (χ3v) is 1.52. The van der Waals surface area contributed by atoms with Gasteiger partial charge in [-0.1, -0.05) is 0 Å². The fourth-order valence-corrected chi connectivity index (χ4v) is 0.939. The molecule has 0 unspecified atom stereocenters. The smallest absolute Gasteiger partial charge is 0.328 e. The van der Waals surface area contributed by atoms with Gasteiger partial charge >= 0.3 is 5.97 Å². The van der Waals surface area contributed by atoms with Gasteiger partial charge in [0.1, 0.15) is 11.6 Å². The Kier molecular flexibility index (Phi) is 3.28. The van der Waals surface area contributed by atoms with Gasteiger partial charge in [0.05, 0.1) is 0 Å². The third kappa shape index (κ3) is 3.30. The van der Waals surface area contributed by atoms with Crippen LogP contribution in [0.3, 0.4) is 0 Å². The molecule has 0 radical (unpaired) electrons. The van der Waals surface area contributed by atoms with Crippen LogP contribution in [0.2, 0.25) is 0 Å². The van der Waals surface area contributed by atoms with E-state index in [9.17, 15) is 18.4 Å². The Bertz CT molecular complexity index is 418. The predicted molar refractivity (Wildman–Crippen MR) is 47.5 cm³/mol. The second-order valence-corrected chi connectivity index (χ2v) is 2.69. The first-order valence-corrected chi connectivity index (χ1v) is 3.90. The topological polar surface area (TPSA) is 54.4 Å². The summed E-state index contributed by atoms with van der Waals surface area (Å²) in [6.07, 6.45) is 1.34. The zero-order valence-corrected chi connectivity index (χ0v) is 7.41. The van der Waals surface area contributed by atoms with E-state index in [0.29, 0.717) is 12.1 Å². The van der Waals surface area contributed by atoms with Crippen LogP contribution in [-0.2, 0) is 4.79 Å². The highest BCUT2D eigenvalue weighted by Gasteiger charge is 2.06. The lowest BCUT2D eigenvalue weighted by molar-refractivity contribution is -0.131. The zero-order valence-electron chi connectivity index (χ0n) is 7.41. The summed E-state index contributed by atoms with van der Waals surface area (Å²) in [4.78, 5) is 21.3. The zero-order chi connectivity index (χ0) is 11.4. The van der Waals surface area contributed by atoms with E-state index in [4.69, 9.17) is 5.11 Å². The number of allylic oxidation sites excluding steroid dienone is 1. The van der Waals surface area contributed by atoms with Crippen LogP contribution >= 0.6 is 0 Å². The van der Waals surface area contributed by atoms with Crippen LogP contribution in [0.4, 0.5) is 8.78 Å². The summed E-state index contributed by atoms with van der Waals surface area (Å²) in [5, 5.41) is 8.23. The summed E-state index contributed by atoms with van der Waals surface area (Å²) in [6.45, 7) is 0. The SMILES string of the molecule is O=C(O)/C=C/C(=O)c1cc(F)cc(F)c1. The van der Waals surface area contributed by atoms with Gasteiger partial charge in [0.25, 0.3) is 0 Å². The number of rotatable bonds is 3. The van der Waals surface area contributed by atoms with E-state index in [1.54, 1.807) is 0 Å². The van der Waals surface area contributed by atoms with Gasteiger partial charge < -0.3 is 5.11 Å². The first-order valence-electron chi connectivity index (χ1n) is 3.90. The average molecular weight is 212 g/mol. The van der Waals surface area contributed by atoms with E-state index >= 15 is 0 Å². The van der Waals surface area contributed by atoms with Crippen molar-refractivity contribution in [1.82, 2.24) is 0 Å². The van der Waals surface area contributed by atoms with Crippen molar-refractivity contribution in [2.45, 2.75) is 0 Å². The number of carbonyl (C=O) groups is 2. The van der Waals surface area contributed by atoms with Crippen LogP contribution in [-0.4, -0.2) is 16.9 Å².